The number of anilines is 3. The van der Waals surface area contributed by atoms with Gasteiger partial charge in [0, 0.05) is 21.8 Å². The number of nitrogen functional groups attached to an aromatic ring is 1. The number of nitrogens with two attached hydrogens (primary N) is 2. The molecule has 0 spiro atoms. The van der Waals surface area contributed by atoms with E-state index in [1.165, 1.54) is 19.4 Å². The van der Waals surface area contributed by atoms with E-state index in [0.717, 1.165) is 5.01 Å². The van der Waals surface area contributed by atoms with Crippen molar-refractivity contribution in [2.45, 2.75) is 0 Å². The molecule has 0 radical (unpaired) electrons. The number of ether oxygens (including phenoxy) is 1. The van der Waals surface area contributed by atoms with E-state index in [-0.39, 0.29) is 16.5 Å². The van der Waals surface area contributed by atoms with Gasteiger partial charge >= 0.3 is 0 Å². The first kappa shape index (κ1) is 19.7. The Morgan fingerprint density at radius 3 is 2.56 bits per heavy atom. The van der Waals surface area contributed by atoms with Crippen LogP contribution in [0, 0.1) is 5.82 Å². The number of hydrogen-bond donors (Lipinski definition) is 2. The van der Waals surface area contributed by atoms with Crippen molar-refractivity contribution >= 4 is 56.2 Å². The number of hydrazine groups is 1. The number of aromatic nitrogens is 1. The molecule has 0 aliphatic carbocycles. The third-order valence-electron chi connectivity index (χ3n) is 3.89. The Morgan fingerprint density at radius 1 is 1.19 bits per heavy atom. The minimum absolute atomic E-state index is 0.00588. The number of rotatable bonds is 4. The zero-order chi connectivity index (χ0) is 19.7. The van der Waals surface area contributed by atoms with E-state index >= 15 is 0 Å². The van der Waals surface area contributed by atoms with E-state index in [9.17, 15) is 4.39 Å². The zero-order valence-corrected chi connectivity index (χ0v) is 17.1. The average molecular weight is 472 g/mol. The SMILES string of the molecule is COc1ccc(-c2c(N(N)c3c(N)cc(Br)cc3F)ccnc2Cl)c(Cl)c1. The quantitative estimate of drug-likeness (QED) is 0.225. The van der Waals surface area contributed by atoms with Crippen LogP contribution >= 0.6 is 39.1 Å². The number of methoxy groups -OCH3 is 1. The maximum absolute atomic E-state index is 14.5. The molecule has 0 saturated heterocycles. The Labute approximate surface area is 173 Å². The van der Waals surface area contributed by atoms with Crippen molar-refractivity contribution in [3.8, 4) is 16.9 Å². The third kappa shape index (κ3) is 3.82. The van der Waals surface area contributed by atoms with Crippen molar-refractivity contribution in [2.24, 2.45) is 5.84 Å². The van der Waals surface area contributed by atoms with E-state index < -0.39 is 5.82 Å². The van der Waals surface area contributed by atoms with Crippen LogP contribution in [-0.4, -0.2) is 12.1 Å². The second-order valence-electron chi connectivity index (χ2n) is 5.54. The second-order valence-corrected chi connectivity index (χ2v) is 7.22. The Hall–Kier alpha value is -2.06. The largest absolute Gasteiger partial charge is 0.497 e. The van der Waals surface area contributed by atoms with Crippen LogP contribution in [0.25, 0.3) is 11.1 Å². The molecule has 1 aromatic heterocycles. The molecule has 9 heteroatoms. The first-order valence-corrected chi connectivity index (χ1v) is 9.16. The van der Waals surface area contributed by atoms with Gasteiger partial charge in [-0.25, -0.2) is 15.2 Å². The van der Waals surface area contributed by atoms with Crippen molar-refractivity contribution in [2.75, 3.05) is 17.9 Å². The lowest BCUT2D eigenvalue weighted by Crippen LogP contribution is -2.27. The first-order valence-electron chi connectivity index (χ1n) is 7.61. The van der Waals surface area contributed by atoms with Gasteiger partial charge in [0.15, 0.2) is 5.82 Å². The van der Waals surface area contributed by atoms with Gasteiger partial charge in [0.2, 0.25) is 0 Å². The molecule has 0 aliphatic heterocycles. The summed E-state index contributed by atoms with van der Waals surface area (Å²) in [4.78, 5) is 4.10. The molecule has 3 aromatic rings. The standard InChI is InChI=1S/C18H14BrCl2FN4O/c1-27-10-2-3-11(12(20)8-10)16-15(4-5-25-18(16)21)26(24)17-13(22)6-9(19)7-14(17)23/h2-8H,23-24H2,1H3. The smallest absolute Gasteiger partial charge is 0.151 e. The monoisotopic (exact) mass is 470 g/mol. The number of pyridine rings is 1. The molecule has 0 atom stereocenters. The van der Waals surface area contributed by atoms with Gasteiger partial charge in [-0.15, -0.1) is 0 Å². The van der Waals surface area contributed by atoms with Crippen LogP contribution in [0.2, 0.25) is 10.2 Å². The van der Waals surface area contributed by atoms with Crippen LogP contribution in [0.1, 0.15) is 0 Å². The molecule has 0 aliphatic rings. The summed E-state index contributed by atoms with van der Waals surface area (Å²) >= 11 is 15.9. The maximum atomic E-state index is 14.5. The Balaban J connectivity index is 2.20. The molecule has 5 nitrogen and oxygen atoms in total. The van der Waals surface area contributed by atoms with Crippen molar-refractivity contribution in [3.63, 3.8) is 0 Å². The van der Waals surface area contributed by atoms with E-state index in [1.54, 1.807) is 30.3 Å². The highest BCUT2D eigenvalue weighted by molar-refractivity contribution is 9.10. The van der Waals surface area contributed by atoms with E-state index in [2.05, 4.69) is 20.9 Å². The Kier molecular flexibility index (Phi) is 5.76. The fraction of sp³-hybridized carbons (Fsp3) is 0.0556. The number of halogens is 4. The van der Waals surface area contributed by atoms with Gasteiger partial charge in [-0.2, -0.15) is 0 Å². The summed E-state index contributed by atoms with van der Waals surface area (Å²) < 4.78 is 20.2. The summed E-state index contributed by atoms with van der Waals surface area (Å²) in [5.41, 5.74) is 7.53. The highest BCUT2D eigenvalue weighted by atomic mass is 79.9. The molecule has 0 bridgehead atoms. The van der Waals surface area contributed by atoms with Gasteiger partial charge in [0.05, 0.1) is 23.5 Å². The molecular formula is C18H14BrCl2FN4O. The summed E-state index contributed by atoms with van der Waals surface area (Å²) in [6, 6.07) is 9.52. The molecule has 4 N–H and O–H groups in total. The summed E-state index contributed by atoms with van der Waals surface area (Å²) in [7, 11) is 1.54. The lowest BCUT2D eigenvalue weighted by atomic mass is 10.0. The van der Waals surface area contributed by atoms with Gasteiger partial charge in [0.1, 0.15) is 16.6 Å². The van der Waals surface area contributed by atoms with Crippen LogP contribution in [0.4, 0.5) is 21.5 Å². The molecule has 140 valence electrons. The van der Waals surface area contributed by atoms with E-state index in [1.807, 2.05) is 0 Å². The number of hydrogen-bond acceptors (Lipinski definition) is 5. The highest BCUT2D eigenvalue weighted by Crippen LogP contribution is 2.43. The maximum Gasteiger partial charge on any atom is 0.151 e. The fourth-order valence-electron chi connectivity index (χ4n) is 2.66. The first-order chi connectivity index (χ1) is 12.8. The van der Waals surface area contributed by atoms with Crippen molar-refractivity contribution < 1.29 is 9.13 Å². The summed E-state index contributed by atoms with van der Waals surface area (Å²) in [5, 5.41) is 1.66. The fourth-order valence-corrected chi connectivity index (χ4v) is 3.63. The number of nitrogens with zero attached hydrogens (tertiary/aromatic N) is 2. The second kappa shape index (κ2) is 7.90. The Bertz CT molecular complexity index is 996. The average Bonchev–Trinajstić information content (AvgIpc) is 2.61. The van der Waals surface area contributed by atoms with E-state index in [0.29, 0.717) is 32.1 Å². The van der Waals surface area contributed by atoms with Crippen LogP contribution in [0.15, 0.2) is 47.1 Å². The zero-order valence-electron chi connectivity index (χ0n) is 14.0. The molecule has 27 heavy (non-hydrogen) atoms. The van der Waals surface area contributed by atoms with Crippen LogP contribution in [0.5, 0.6) is 5.75 Å². The predicted octanol–water partition coefficient (Wildman–Crippen LogP) is 5.56. The molecule has 2 aromatic carbocycles. The van der Waals surface area contributed by atoms with Gasteiger partial charge in [-0.3, -0.25) is 5.01 Å². The normalized spacial score (nSPS) is 10.7. The van der Waals surface area contributed by atoms with Crippen LogP contribution in [-0.2, 0) is 0 Å². The predicted molar refractivity (Wildman–Crippen MR) is 111 cm³/mol. The topological polar surface area (TPSA) is 77.4 Å². The third-order valence-corrected chi connectivity index (χ3v) is 4.94. The molecule has 0 amide bonds. The van der Waals surface area contributed by atoms with Gasteiger partial charge in [-0.1, -0.05) is 39.1 Å². The molecule has 3 rings (SSSR count). The van der Waals surface area contributed by atoms with Gasteiger partial charge in [-0.05, 0) is 36.4 Å². The minimum atomic E-state index is -0.593. The van der Waals surface area contributed by atoms with Crippen LogP contribution in [0.3, 0.4) is 0 Å². The van der Waals surface area contributed by atoms with Crippen molar-refractivity contribution in [1.29, 1.82) is 0 Å². The minimum Gasteiger partial charge on any atom is -0.497 e. The van der Waals surface area contributed by atoms with E-state index in [4.69, 9.17) is 39.5 Å². The molecule has 0 fully saturated rings. The Morgan fingerprint density at radius 2 is 1.93 bits per heavy atom. The highest BCUT2D eigenvalue weighted by Gasteiger charge is 2.22. The van der Waals surface area contributed by atoms with Crippen molar-refractivity contribution in [3.05, 3.63) is 63.1 Å². The lowest BCUT2D eigenvalue weighted by molar-refractivity contribution is 0.415. The summed E-state index contributed by atoms with van der Waals surface area (Å²) in [5.74, 6) is 6.21. The van der Waals surface area contributed by atoms with Gasteiger partial charge in [0.25, 0.3) is 0 Å². The molecule has 1 heterocycles. The molecular weight excluding hydrogens is 458 g/mol. The van der Waals surface area contributed by atoms with Gasteiger partial charge < -0.3 is 10.5 Å². The lowest BCUT2D eigenvalue weighted by Gasteiger charge is -2.24. The molecule has 0 saturated carbocycles. The molecule has 0 unspecified atom stereocenters. The van der Waals surface area contributed by atoms with Crippen LogP contribution < -0.4 is 21.3 Å². The van der Waals surface area contributed by atoms with Crippen molar-refractivity contribution in [1.82, 2.24) is 4.98 Å². The number of benzene rings is 2. The summed E-state index contributed by atoms with van der Waals surface area (Å²) in [6.07, 6.45) is 1.46. The summed E-state index contributed by atoms with van der Waals surface area (Å²) in [6.45, 7) is 0.